The van der Waals surface area contributed by atoms with E-state index in [9.17, 15) is 0 Å². The van der Waals surface area contributed by atoms with Gasteiger partial charge in [-0.3, -0.25) is 0 Å². The molecule has 100 valence electrons. The van der Waals surface area contributed by atoms with Crippen LogP contribution in [0.1, 0.15) is 49.3 Å². The molecule has 0 aliphatic heterocycles. The molecule has 1 aromatic carbocycles. The van der Waals surface area contributed by atoms with Crippen molar-refractivity contribution in [3.63, 3.8) is 0 Å². The lowest BCUT2D eigenvalue weighted by atomic mass is 9.97. The fraction of sp³-hybridized carbons (Fsp3) is 0.647. The third kappa shape index (κ3) is 3.84. The molecule has 2 rings (SSSR count). The second-order valence-corrected chi connectivity index (χ2v) is 5.87. The molecule has 1 nitrogen and oxygen atoms in total. The van der Waals surface area contributed by atoms with Gasteiger partial charge in [-0.15, -0.1) is 0 Å². The SMILES string of the molecule is CCCNC(CCc1cc(C)ccc1C)C1CC1. The van der Waals surface area contributed by atoms with Crippen LogP contribution in [0.25, 0.3) is 0 Å². The Morgan fingerprint density at radius 2 is 2.06 bits per heavy atom. The van der Waals surface area contributed by atoms with Crippen LogP contribution in [0.15, 0.2) is 18.2 Å². The molecule has 1 aromatic rings. The van der Waals surface area contributed by atoms with Crippen molar-refractivity contribution in [3.8, 4) is 0 Å². The van der Waals surface area contributed by atoms with Crippen LogP contribution in [0.5, 0.6) is 0 Å². The van der Waals surface area contributed by atoms with Crippen molar-refractivity contribution >= 4 is 0 Å². The minimum Gasteiger partial charge on any atom is -0.314 e. The third-order valence-electron chi connectivity index (χ3n) is 4.08. The van der Waals surface area contributed by atoms with Crippen molar-refractivity contribution in [2.24, 2.45) is 5.92 Å². The maximum atomic E-state index is 3.74. The van der Waals surface area contributed by atoms with Crippen molar-refractivity contribution in [3.05, 3.63) is 34.9 Å². The first-order chi connectivity index (χ1) is 8.70. The Labute approximate surface area is 112 Å². The number of rotatable bonds is 7. The Balaban J connectivity index is 1.89. The second kappa shape index (κ2) is 6.38. The Hall–Kier alpha value is -0.820. The van der Waals surface area contributed by atoms with Crippen LogP contribution < -0.4 is 5.32 Å². The van der Waals surface area contributed by atoms with Gasteiger partial charge in [-0.25, -0.2) is 0 Å². The molecule has 1 aliphatic carbocycles. The molecule has 1 unspecified atom stereocenters. The lowest BCUT2D eigenvalue weighted by Crippen LogP contribution is -2.32. The average molecular weight is 245 g/mol. The van der Waals surface area contributed by atoms with Gasteiger partial charge >= 0.3 is 0 Å². The number of hydrogen-bond donors (Lipinski definition) is 1. The van der Waals surface area contributed by atoms with Crippen molar-refractivity contribution in [2.45, 2.75) is 58.9 Å². The molecule has 1 atom stereocenters. The fourth-order valence-electron chi connectivity index (χ4n) is 2.71. The van der Waals surface area contributed by atoms with Crippen LogP contribution in [0.2, 0.25) is 0 Å². The predicted molar refractivity (Wildman–Crippen MR) is 79.0 cm³/mol. The standard InChI is InChI=1S/C17H27N/c1-4-11-18-17(15-7-8-15)10-9-16-12-13(2)5-6-14(16)3/h5-6,12,15,17-18H,4,7-11H2,1-3H3. The first-order valence-electron chi connectivity index (χ1n) is 7.50. The summed E-state index contributed by atoms with van der Waals surface area (Å²) in [5, 5.41) is 3.74. The topological polar surface area (TPSA) is 12.0 Å². The highest BCUT2D eigenvalue weighted by Gasteiger charge is 2.30. The third-order valence-corrected chi connectivity index (χ3v) is 4.08. The van der Waals surface area contributed by atoms with E-state index < -0.39 is 0 Å². The summed E-state index contributed by atoms with van der Waals surface area (Å²) in [6.45, 7) is 7.85. The number of aryl methyl sites for hydroxylation is 3. The minimum atomic E-state index is 0.755. The van der Waals surface area contributed by atoms with Gasteiger partial charge in [0, 0.05) is 6.04 Å². The van der Waals surface area contributed by atoms with Gasteiger partial charge in [-0.05, 0) is 69.5 Å². The van der Waals surface area contributed by atoms with Crippen molar-refractivity contribution in [1.82, 2.24) is 5.32 Å². The summed E-state index contributed by atoms with van der Waals surface area (Å²) in [7, 11) is 0. The normalized spacial score (nSPS) is 16.8. The molecular weight excluding hydrogens is 218 g/mol. The monoisotopic (exact) mass is 245 g/mol. The summed E-state index contributed by atoms with van der Waals surface area (Å²) >= 11 is 0. The van der Waals surface area contributed by atoms with Crippen molar-refractivity contribution in [2.75, 3.05) is 6.54 Å². The summed E-state index contributed by atoms with van der Waals surface area (Å²) in [5.41, 5.74) is 4.38. The highest BCUT2D eigenvalue weighted by Crippen LogP contribution is 2.34. The van der Waals surface area contributed by atoms with Gasteiger partial charge in [0.25, 0.3) is 0 Å². The van der Waals surface area contributed by atoms with Crippen LogP contribution in [-0.4, -0.2) is 12.6 Å². The molecule has 0 bridgehead atoms. The molecule has 0 spiro atoms. The van der Waals surface area contributed by atoms with Crippen LogP contribution in [-0.2, 0) is 6.42 Å². The van der Waals surface area contributed by atoms with E-state index in [-0.39, 0.29) is 0 Å². The highest BCUT2D eigenvalue weighted by atomic mass is 14.9. The molecule has 18 heavy (non-hydrogen) atoms. The summed E-state index contributed by atoms with van der Waals surface area (Å²) < 4.78 is 0. The van der Waals surface area contributed by atoms with Crippen LogP contribution in [0.4, 0.5) is 0 Å². The van der Waals surface area contributed by atoms with Crippen molar-refractivity contribution < 1.29 is 0 Å². The summed E-state index contributed by atoms with van der Waals surface area (Å²) in [6.07, 6.45) is 6.65. The predicted octanol–water partition coefficient (Wildman–Crippen LogP) is 4.01. The van der Waals surface area contributed by atoms with E-state index >= 15 is 0 Å². The largest absolute Gasteiger partial charge is 0.314 e. The first kappa shape index (κ1) is 13.6. The zero-order chi connectivity index (χ0) is 13.0. The van der Waals surface area contributed by atoms with E-state index in [2.05, 4.69) is 44.3 Å². The lowest BCUT2D eigenvalue weighted by Gasteiger charge is -2.18. The van der Waals surface area contributed by atoms with Gasteiger partial charge in [0.05, 0.1) is 0 Å². The molecule has 0 aromatic heterocycles. The Morgan fingerprint density at radius 1 is 1.28 bits per heavy atom. The molecule has 0 radical (unpaired) electrons. The second-order valence-electron chi connectivity index (χ2n) is 5.87. The van der Waals surface area contributed by atoms with Gasteiger partial charge < -0.3 is 5.32 Å². The molecule has 1 N–H and O–H groups in total. The lowest BCUT2D eigenvalue weighted by molar-refractivity contribution is 0.435. The quantitative estimate of drug-likeness (QED) is 0.765. The maximum absolute atomic E-state index is 3.74. The van der Waals surface area contributed by atoms with Gasteiger partial charge in [0.15, 0.2) is 0 Å². The molecule has 1 saturated carbocycles. The molecule has 1 fully saturated rings. The van der Waals surface area contributed by atoms with Crippen molar-refractivity contribution in [1.29, 1.82) is 0 Å². The Bertz CT molecular complexity index is 379. The van der Waals surface area contributed by atoms with E-state index in [1.165, 1.54) is 49.8 Å². The molecule has 0 amide bonds. The smallest absolute Gasteiger partial charge is 0.00984 e. The van der Waals surface area contributed by atoms with E-state index in [1.807, 2.05) is 0 Å². The van der Waals surface area contributed by atoms with Gasteiger partial charge in [0.1, 0.15) is 0 Å². The van der Waals surface area contributed by atoms with Gasteiger partial charge in [-0.1, -0.05) is 30.7 Å². The molecule has 0 saturated heterocycles. The first-order valence-corrected chi connectivity index (χ1v) is 7.50. The molecule has 0 heterocycles. The average Bonchev–Trinajstić information content (AvgIpc) is 3.17. The van der Waals surface area contributed by atoms with E-state index in [0.717, 1.165) is 12.0 Å². The van der Waals surface area contributed by atoms with Gasteiger partial charge in [-0.2, -0.15) is 0 Å². The van der Waals surface area contributed by atoms with Crippen LogP contribution in [0.3, 0.4) is 0 Å². The number of benzene rings is 1. The maximum Gasteiger partial charge on any atom is 0.00984 e. The fourth-order valence-corrected chi connectivity index (χ4v) is 2.71. The molecular formula is C17H27N. The minimum absolute atomic E-state index is 0.755. The molecule has 1 aliphatic rings. The Kier molecular flexibility index (Phi) is 4.82. The van der Waals surface area contributed by atoms with Crippen LogP contribution >= 0.6 is 0 Å². The van der Waals surface area contributed by atoms with Crippen LogP contribution in [0, 0.1) is 19.8 Å². The highest BCUT2D eigenvalue weighted by molar-refractivity contribution is 5.30. The zero-order valence-corrected chi connectivity index (χ0v) is 12.1. The summed E-state index contributed by atoms with van der Waals surface area (Å²) in [6, 6.07) is 7.59. The summed E-state index contributed by atoms with van der Waals surface area (Å²) in [4.78, 5) is 0. The van der Waals surface area contributed by atoms with E-state index in [1.54, 1.807) is 5.56 Å². The summed E-state index contributed by atoms with van der Waals surface area (Å²) in [5.74, 6) is 0.960. The zero-order valence-electron chi connectivity index (χ0n) is 12.1. The molecule has 1 heteroatoms. The Morgan fingerprint density at radius 3 is 2.72 bits per heavy atom. The number of nitrogens with one attached hydrogen (secondary N) is 1. The van der Waals surface area contributed by atoms with E-state index in [0.29, 0.717) is 0 Å². The number of hydrogen-bond acceptors (Lipinski definition) is 1. The van der Waals surface area contributed by atoms with E-state index in [4.69, 9.17) is 0 Å². The van der Waals surface area contributed by atoms with Gasteiger partial charge in [0.2, 0.25) is 0 Å².